The second-order valence-corrected chi connectivity index (χ2v) is 4.65. The first kappa shape index (κ1) is 12.6. The Balaban J connectivity index is 2.08. The van der Waals surface area contributed by atoms with Gasteiger partial charge in [0.1, 0.15) is 17.0 Å². The number of H-pyrrole nitrogens is 1. The Morgan fingerprint density at radius 2 is 2.39 bits per heavy atom. The van der Waals surface area contributed by atoms with E-state index in [-0.39, 0.29) is 5.91 Å². The molecule has 0 saturated heterocycles. The van der Waals surface area contributed by atoms with Gasteiger partial charge in [-0.15, -0.1) is 5.10 Å². The monoisotopic (exact) mass is 266 g/mol. The lowest BCUT2D eigenvalue weighted by atomic mass is 10.2. The molecule has 0 fully saturated rings. The summed E-state index contributed by atoms with van der Waals surface area (Å²) in [6.45, 7) is 2.44. The number of amides is 1. The van der Waals surface area contributed by atoms with Gasteiger partial charge in [-0.25, -0.2) is 4.98 Å². The number of nitrogens with one attached hydrogen (secondary N) is 1. The Hall–Kier alpha value is -1.83. The van der Waals surface area contributed by atoms with E-state index < -0.39 is 0 Å². The van der Waals surface area contributed by atoms with Gasteiger partial charge in [0, 0.05) is 7.05 Å². The Morgan fingerprint density at radius 3 is 3.06 bits per heavy atom. The second kappa shape index (κ2) is 5.67. The van der Waals surface area contributed by atoms with E-state index in [1.807, 2.05) is 6.92 Å². The molecule has 18 heavy (non-hydrogen) atoms. The lowest BCUT2D eigenvalue weighted by molar-refractivity contribution is 0.0785. The van der Waals surface area contributed by atoms with Crippen LogP contribution in [-0.4, -0.2) is 42.6 Å². The van der Waals surface area contributed by atoms with Crippen LogP contribution in [0.2, 0.25) is 0 Å². The van der Waals surface area contributed by atoms with Gasteiger partial charge in [-0.3, -0.25) is 9.89 Å². The van der Waals surface area contributed by atoms with E-state index in [4.69, 9.17) is 0 Å². The van der Waals surface area contributed by atoms with Gasteiger partial charge in [-0.05, 0) is 18.0 Å². The first-order valence-electron chi connectivity index (χ1n) is 5.63. The summed E-state index contributed by atoms with van der Waals surface area (Å²) in [6, 6.07) is 0. The molecule has 0 unspecified atom stereocenters. The Kier molecular flexibility index (Phi) is 3.98. The summed E-state index contributed by atoms with van der Waals surface area (Å²) in [5.41, 5.74) is 0.775. The van der Waals surface area contributed by atoms with Crippen LogP contribution in [-0.2, 0) is 13.0 Å². The van der Waals surface area contributed by atoms with E-state index in [0.29, 0.717) is 17.2 Å². The molecule has 0 aliphatic rings. The fourth-order valence-electron chi connectivity index (χ4n) is 1.55. The highest BCUT2D eigenvalue weighted by molar-refractivity contribution is 7.07. The normalized spacial score (nSPS) is 10.6. The summed E-state index contributed by atoms with van der Waals surface area (Å²) in [5, 5.41) is 10.5. The third-order valence-corrected chi connectivity index (χ3v) is 3.19. The van der Waals surface area contributed by atoms with Gasteiger partial charge in [0.15, 0.2) is 0 Å². The molecule has 2 rings (SSSR count). The van der Waals surface area contributed by atoms with Gasteiger partial charge in [0.2, 0.25) is 0 Å². The standard InChI is InChI=1S/C10H14N6OS/c1-3-4-7-9(18-15-13-7)10(17)16(2)5-8-11-6-12-14-8/h6H,3-5H2,1-2H3,(H,11,12,14). The van der Waals surface area contributed by atoms with Crippen molar-refractivity contribution in [2.75, 3.05) is 7.05 Å². The zero-order valence-corrected chi connectivity index (χ0v) is 11.1. The van der Waals surface area contributed by atoms with Crippen LogP contribution in [0.1, 0.15) is 34.5 Å². The van der Waals surface area contributed by atoms with Crippen molar-refractivity contribution in [1.82, 2.24) is 29.7 Å². The van der Waals surface area contributed by atoms with Crippen molar-refractivity contribution in [3.05, 3.63) is 22.7 Å². The first-order valence-corrected chi connectivity index (χ1v) is 6.40. The van der Waals surface area contributed by atoms with Gasteiger partial charge < -0.3 is 4.90 Å². The van der Waals surface area contributed by atoms with Crippen molar-refractivity contribution < 1.29 is 4.79 Å². The van der Waals surface area contributed by atoms with E-state index in [2.05, 4.69) is 24.8 Å². The second-order valence-electron chi connectivity index (χ2n) is 3.89. The molecule has 2 aromatic heterocycles. The molecule has 0 spiro atoms. The van der Waals surface area contributed by atoms with Gasteiger partial charge >= 0.3 is 0 Å². The largest absolute Gasteiger partial charge is 0.333 e. The zero-order chi connectivity index (χ0) is 13.0. The molecule has 0 atom stereocenters. The minimum absolute atomic E-state index is 0.0788. The maximum atomic E-state index is 12.2. The van der Waals surface area contributed by atoms with Crippen molar-refractivity contribution in [2.45, 2.75) is 26.3 Å². The molecule has 1 N–H and O–H groups in total. The topological polar surface area (TPSA) is 87.7 Å². The van der Waals surface area contributed by atoms with Crippen molar-refractivity contribution >= 4 is 17.4 Å². The Bertz CT molecular complexity index is 508. The summed E-state index contributed by atoms with van der Waals surface area (Å²) >= 11 is 1.14. The summed E-state index contributed by atoms with van der Waals surface area (Å²) in [7, 11) is 1.72. The molecule has 0 radical (unpaired) electrons. The number of aromatic amines is 1. The molecule has 96 valence electrons. The number of nitrogens with zero attached hydrogens (tertiary/aromatic N) is 5. The highest BCUT2D eigenvalue weighted by atomic mass is 32.1. The average Bonchev–Trinajstić information content (AvgIpc) is 3.00. The minimum Gasteiger partial charge on any atom is -0.333 e. The Labute approximate surface area is 108 Å². The van der Waals surface area contributed by atoms with E-state index in [0.717, 1.165) is 30.1 Å². The highest BCUT2D eigenvalue weighted by Crippen LogP contribution is 2.15. The maximum Gasteiger partial charge on any atom is 0.267 e. The molecule has 1 amide bonds. The van der Waals surface area contributed by atoms with Crippen LogP contribution in [0.5, 0.6) is 0 Å². The van der Waals surface area contributed by atoms with Gasteiger partial charge in [0.25, 0.3) is 5.91 Å². The molecular weight excluding hydrogens is 252 g/mol. The molecule has 2 aromatic rings. The van der Waals surface area contributed by atoms with E-state index in [1.54, 1.807) is 11.9 Å². The molecule has 7 nitrogen and oxygen atoms in total. The van der Waals surface area contributed by atoms with Crippen LogP contribution in [0.25, 0.3) is 0 Å². The molecular formula is C10H14N6OS. The van der Waals surface area contributed by atoms with Crippen LogP contribution >= 0.6 is 11.5 Å². The zero-order valence-electron chi connectivity index (χ0n) is 10.3. The van der Waals surface area contributed by atoms with Crippen molar-refractivity contribution in [2.24, 2.45) is 0 Å². The fourth-order valence-corrected chi connectivity index (χ4v) is 2.25. The number of aryl methyl sites for hydroxylation is 1. The van der Waals surface area contributed by atoms with Gasteiger partial charge in [0.05, 0.1) is 12.2 Å². The summed E-state index contributed by atoms with van der Waals surface area (Å²) in [6.07, 6.45) is 3.13. The Morgan fingerprint density at radius 1 is 1.56 bits per heavy atom. The molecule has 0 aliphatic carbocycles. The van der Waals surface area contributed by atoms with E-state index >= 15 is 0 Å². The SMILES string of the molecule is CCCc1nnsc1C(=O)N(C)Cc1ncn[nH]1. The van der Waals surface area contributed by atoms with Gasteiger partial charge in [-0.2, -0.15) is 5.10 Å². The third kappa shape index (κ3) is 2.70. The number of aromatic nitrogens is 5. The third-order valence-electron chi connectivity index (χ3n) is 2.44. The molecule has 0 bridgehead atoms. The number of carbonyl (C=O) groups excluding carboxylic acids is 1. The summed E-state index contributed by atoms with van der Waals surface area (Å²) < 4.78 is 3.85. The van der Waals surface area contributed by atoms with Gasteiger partial charge in [-0.1, -0.05) is 17.8 Å². The summed E-state index contributed by atoms with van der Waals surface area (Å²) in [5.74, 6) is 0.574. The van der Waals surface area contributed by atoms with Crippen LogP contribution < -0.4 is 0 Å². The number of hydrogen-bond donors (Lipinski definition) is 1. The number of rotatable bonds is 5. The molecule has 2 heterocycles. The lowest BCUT2D eigenvalue weighted by Crippen LogP contribution is -2.26. The highest BCUT2D eigenvalue weighted by Gasteiger charge is 2.20. The first-order chi connectivity index (χ1) is 8.72. The van der Waals surface area contributed by atoms with E-state index in [1.165, 1.54) is 6.33 Å². The molecule has 0 aromatic carbocycles. The van der Waals surface area contributed by atoms with Crippen molar-refractivity contribution in [1.29, 1.82) is 0 Å². The van der Waals surface area contributed by atoms with Crippen molar-refractivity contribution in [3.63, 3.8) is 0 Å². The maximum absolute atomic E-state index is 12.2. The molecule has 8 heteroatoms. The van der Waals surface area contributed by atoms with Crippen LogP contribution in [0.3, 0.4) is 0 Å². The van der Waals surface area contributed by atoms with Crippen LogP contribution in [0.15, 0.2) is 6.33 Å². The molecule has 0 aliphatic heterocycles. The number of hydrogen-bond acceptors (Lipinski definition) is 6. The molecule has 0 saturated carbocycles. The number of carbonyl (C=O) groups is 1. The van der Waals surface area contributed by atoms with E-state index in [9.17, 15) is 4.79 Å². The summed E-state index contributed by atoms with van der Waals surface area (Å²) in [4.78, 5) is 18.4. The van der Waals surface area contributed by atoms with Crippen molar-refractivity contribution in [3.8, 4) is 0 Å². The predicted octanol–water partition coefficient (Wildman–Crippen LogP) is 0.881. The van der Waals surface area contributed by atoms with Crippen LogP contribution in [0.4, 0.5) is 0 Å². The van der Waals surface area contributed by atoms with Crippen LogP contribution in [0, 0.1) is 0 Å². The smallest absolute Gasteiger partial charge is 0.267 e. The lowest BCUT2D eigenvalue weighted by Gasteiger charge is -2.14. The predicted molar refractivity (Wildman–Crippen MR) is 66.1 cm³/mol. The fraction of sp³-hybridized carbons (Fsp3) is 0.500. The minimum atomic E-state index is -0.0788. The average molecular weight is 266 g/mol. The quantitative estimate of drug-likeness (QED) is 0.868.